The Morgan fingerprint density at radius 1 is 1.14 bits per heavy atom. The highest BCUT2D eigenvalue weighted by atomic mass is 19.1. The first-order valence-electron chi connectivity index (χ1n) is 7.36. The second-order valence-corrected chi connectivity index (χ2v) is 5.37. The van der Waals surface area contributed by atoms with Crippen LogP contribution in [-0.2, 0) is 12.8 Å². The first kappa shape index (κ1) is 15.5. The van der Waals surface area contributed by atoms with Crippen LogP contribution in [0.4, 0.5) is 4.39 Å². The van der Waals surface area contributed by atoms with Gasteiger partial charge in [0.2, 0.25) is 0 Å². The Bertz CT molecular complexity index is 554. The van der Waals surface area contributed by atoms with Gasteiger partial charge in [-0.1, -0.05) is 30.3 Å². The molecule has 1 unspecified atom stereocenters. The summed E-state index contributed by atoms with van der Waals surface area (Å²) in [5.74, 6) is 0.490. The quantitative estimate of drug-likeness (QED) is 0.788. The van der Waals surface area contributed by atoms with Crippen LogP contribution in [0.5, 0.6) is 5.75 Å². The Balaban J connectivity index is 1.87. The summed E-state index contributed by atoms with van der Waals surface area (Å²) >= 11 is 0. The van der Waals surface area contributed by atoms with E-state index in [0.29, 0.717) is 13.0 Å². The normalized spacial score (nSPS) is 12.1. The fourth-order valence-electron chi connectivity index (χ4n) is 2.30. The van der Waals surface area contributed by atoms with Crippen LogP contribution in [-0.4, -0.2) is 12.6 Å². The van der Waals surface area contributed by atoms with Crippen LogP contribution < -0.4 is 10.5 Å². The molecule has 0 heterocycles. The number of nitrogens with two attached hydrogens (primary N) is 1. The van der Waals surface area contributed by atoms with Crippen molar-refractivity contribution in [3.8, 4) is 5.75 Å². The van der Waals surface area contributed by atoms with Crippen molar-refractivity contribution in [3.05, 3.63) is 65.5 Å². The molecule has 0 saturated carbocycles. The minimum absolute atomic E-state index is 0.0153. The molecule has 0 aromatic heterocycles. The first-order chi connectivity index (χ1) is 10.1. The van der Waals surface area contributed by atoms with Gasteiger partial charge in [0.25, 0.3) is 0 Å². The van der Waals surface area contributed by atoms with Gasteiger partial charge >= 0.3 is 0 Å². The Labute approximate surface area is 125 Å². The average Bonchev–Trinajstić information content (AvgIpc) is 2.46. The minimum Gasteiger partial charge on any atom is -0.493 e. The molecule has 3 heteroatoms. The molecule has 1 atom stereocenters. The van der Waals surface area contributed by atoms with Crippen molar-refractivity contribution >= 4 is 0 Å². The van der Waals surface area contributed by atoms with E-state index in [1.165, 1.54) is 17.7 Å². The molecule has 0 fully saturated rings. The van der Waals surface area contributed by atoms with Crippen LogP contribution in [0, 0.1) is 5.82 Å². The number of benzene rings is 2. The molecule has 0 aliphatic carbocycles. The summed E-state index contributed by atoms with van der Waals surface area (Å²) in [7, 11) is 0. The number of halogens is 1. The summed E-state index contributed by atoms with van der Waals surface area (Å²) in [4.78, 5) is 0. The largest absolute Gasteiger partial charge is 0.493 e. The van der Waals surface area contributed by atoms with Crippen molar-refractivity contribution in [2.24, 2.45) is 5.73 Å². The molecule has 0 aliphatic rings. The monoisotopic (exact) mass is 287 g/mol. The molecule has 21 heavy (non-hydrogen) atoms. The SMILES string of the molecule is CC(N)Cc1cc(F)ccc1OCCCc1ccccc1. The van der Waals surface area contributed by atoms with Gasteiger partial charge in [0.1, 0.15) is 11.6 Å². The maximum absolute atomic E-state index is 13.3. The smallest absolute Gasteiger partial charge is 0.123 e. The molecule has 2 N–H and O–H groups in total. The fraction of sp³-hybridized carbons (Fsp3) is 0.333. The maximum atomic E-state index is 13.3. The molecule has 0 bridgehead atoms. The first-order valence-corrected chi connectivity index (χ1v) is 7.36. The van der Waals surface area contributed by atoms with Gasteiger partial charge in [0.05, 0.1) is 6.61 Å². The van der Waals surface area contributed by atoms with Crippen molar-refractivity contribution in [3.63, 3.8) is 0 Å². The highest BCUT2D eigenvalue weighted by Crippen LogP contribution is 2.21. The van der Waals surface area contributed by atoms with Gasteiger partial charge < -0.3 is 10.5 Å². The summed E-state index contributed by atoms with van der Waals surface area (Å²) in [6.07, 6.45) is 2.52. The van der Waals surface area contributed by atoms with Crippen molar-refractivity contribution in [1.29, 1.82) is 0 Å². The second-order valence-electron chi connectivity index (χ2n) is 5.37. The molecular formula is C18H22FNO. The van der Waals surface area contributed by atoms with Crippen LogP contribution in [0.15, 0.2) is 48.5 Å². The van der Waals surface area contributed by atoms with Crippen LogP contribution >= 0.6 is 0 Å². The van der Waals surface area contributed by atoms with Crippen LogP contribution in [0.1, 0.15) is 24.5 Å². The van der Waals surface area contributed by atoms with Crippen LogP contribution in [0.25, 0.3) is 0 Å². The van der Waals surface area contributed by atoms with E-state index in [4.69, 9.17) is 10.5 Å². The molecule has 2 nitrogen and oxygen atoms in total. The summed E-state index contributed by atoms with van der Waals surface area (Å²) in [5, 5.41) is 0. The van der Waals surface area contributed by atoms with E-state index < -0.39 is 0 Å². The Kier molecular flexibility index (Phi) is 5.76. The number of hydrogen-bond acceptors (Lipinski definition) is 2. The Hall–Kier alpha value is -1.87. The van der Waals surface area contributed by atoms with E-state index in [0.717, 1.165) is 24.2 Å². The average molecular weight is 287 g/mol. The molecule has 0 amide bonds. The van der Waals surface area contributed by atoms with Crippen molar-refractivity contribution in [1.82, 2.24) is 0 Å². The Morgan fingerprint density at radius 2 is 1.90 bits per heavy atom. The molecule has 112 valence electrons. The van der Waals surface area contributed by atoms with E-state index in [9.17, 15) is 4.39 Å². The topological polar surface area (TPSA) is 35.2 Å². The van der Waals surface area contributed by atoms with E-state index in [2.05, 4.69) is 12.1 Å². The third-order valence-electron chi connectivity index (χ3n) is 3.27. The summed E-state index contributed by atoms with van der Waals surface area (Å²) < 4.78 is 19.1. The lowest BCUT2D eigenvalue weighted by Crippen LogP contribution is -2.18. The standard InChI is InChI=1S/C18H22FNO/c1-14(20)12-16-13-17(19)9-10-18(16)21-11-5-8-15-6-3-2-4-7-15/h2-4,6-7,9-10,13-14H,5,8,11-12,20H2,1H3. The zero-order valence-electron chi connectivity index (χ0n) is 12.4. The van der Waals surface area contributed by atoms with Gasteiger partial charge in [-0.25, -0.2) is 4.39 Å². The summed E-state index contributed by atoms with van der Waals surface area (Å²) in [6.45, 7) is 2.52. The fourth-order valence-corrected chi connectivity index (χ4v) is 2.30. The number of aryl methyl sites for hydroxylation is 1. The maximum Gasteiger partial charge on any atom is 0.123 e. The molecule has 2 rings (SSSR count). The zero-order chi connectivity index (χ0) is 15.1. The number of rotatable bonds is 7. The lowest BCUT2D eigenvalue weighted by Gasteiger charge is -2.13. The third-order valence-corrected chi connectivity index (χ3v) is 3.27. The molecule has 2 aromatic carbocycles. The predicted molar refractivity (Wildman–Crippen MR) is 84.0 cm³/mol. The molecule has 0 spiro atoms. The molecule has 0 saturated heterocycles. The molecule has 2 aromatic rings. The van der Waals surface area contributed by atoms with Gasteiger partial charge in [0, 0.05) is 6.04 Å². The number of hydrogen-bond donors (Lipinski definition) is 1. The highest BCUT2D eigenvalue weighted by molar-refractivity contribution is 5.34. The minimum atomic E-state index is -0.248. The summed E-state index contributed by atoms with van der Waals surface area (Å²) in [6, 6.07) is 14.9. The predicted octanol–water partition coefficient (Wildman–Crippen LogP) is 3.73. The molecule has 0 radical (unpaired) electrons. The van der Waals surface area contributed by atoms with E-state index >= 15 is 0 Å². The highest BCUT2D eigenvalue weighted by Gasteiger charge is 2.08. The van der Waals surface area contributed by atoms with E-state index in [1.807, 2.05) is 25.1 Å². The van der Waals surface area contributed by atoms with E-state index in [1.54, 1.807) is 6.07 Å². The van der Waals surface area contributed by atoms with Crippen molar-refractivity contribution in [2.75, 3.05) is 6.61 Å². The molecular weight excluding hydrogens is 265 g/mol. The zero-order valence-corrected chi connectivity index (χ0v) is 12.4. The summed E-state index contributed by atoms with van der Waals surface area (Å²) in [5.41, 5.74) is 7.94. The van der Waals surface area contributed by atoms with Gasteiger partial charge in [-0.05, 0) is 55.5 Å². The third kappa shape index (κ3) is 5.20. The van der Waals surface area contributed by atoms with Gasteiger partial charge in [-0.15, -0.1) is 0 Å². The lowest BCUT2D eigenvalue weighted by atomic mass is 10.1. The van der Waals surface area contributed by atoms with Gasteiger partial charge in [-0.2, -0.15) is 0 Å². The molecule has 0 aliphatic heterocycles. The van der Waals surface area contributed by atoms with Crippen molar-refractivity contribution < 1.29 is 9.13 Å². The van der Waals surface area contributed by atoms with Crippen LogP contribution in [0.3, 0.4) is 0 Å². The van der Waals surface area contributed by atoms with Crippen LogP contribution in [0.2, 0.25) is 0 Å². The van der Waals surface area contributed by atoms with E-state index in [-0.39, 0.29) is 11.9 Å². The Morgan fingerprint density at radius 3 is 2.62 bits per heavy atom. The lowest BCUT2D eigenvalue weighted by molar-refractivity contribution is 0.307. The second kappa shape index (κ2) is 7.79. The van der Waals surface area contributed by atoms with Gasteiger partial charge in [-0.3, -0.25) is 0 Å². The van der Waals surface area contributed by atoms with Crippen molar-refractivity contribution in [2.45, 2.75) is 32.2 Å². The number of ether oxygens (including phenoxy) is 1. The van der Waals surface area contributed by atoms with Gasteiger partial charge in [0.15, 0.2) is 0 Å².